The van der Waals surface area contributed by atoms with Gasteiger partial charge < -0.3 is 0 Å². The van der Waals surface area contributed by atoms with Crippen molar-refractivity contribution in [2.45, 2.75) is 39.2 Å². The van der Waals surface area contributed by atoms with Gasteiger partial charge in [0.1, 0.15) is 5.82 Å². The molecule has 0 radical (unpaired) electrons. The summed E-state index contributed by atoms with van der Waals surface area (Å²) in [6.45, 7) is 2.62. The highest BCUT2D eigenvalue weighted by atomic mass is 16.2. The van der Waals surface area contributed by atoms with Gasteiger partial charge in [0.05, 0.1) is 10.9 Å². The summed E-state index contributed by atoms with van der Waals surface area (Å²) in [5.74, 6) is 0.494. The highest BCUT2D eigenvalue weighted by molar-refractivity contribution is 5.98. The lowest BCUT2D eigenvalue weighted by atomic mass is 10.1. The lowest BCUT2D eigenvalue weighted by Gasteiger charge is -2.07. The first-order valence-electron chi connectivity index (χ1n) is 9.53. The van der Waals surface area contributed by atoms with E-state index in [9.17, 15) is 9.59 Å². The van der Waals surface area contributed by atoms with Gasteiger partial charge in [0.15, 0.2) is 0 Å². The zero-order valence-corrected chi connectivity index (χ0v) is 15.8. The van der Waals surface area contributed by atoms with Crippen molar-refractivity contribution in [3.8, 4) is 0 Å². The standard InChI is InChI=1S/C22H22N4O2/c1-15(9-10-16-6-3-2-4-7-16)24-25-21(27)17-11-12-18-19(14-17)23-20-8-5-13-26(20)22(18)28/h2-4,6-7,11-12,14H,5,8-10,13H2,1H3,(H,25,27)/b24-15-. The number of hydrogen-bond donors (Lipinski definition) is 1. The van der Waals surface area contributed by atoms with E-state index >= 15 is 0 Å². The molecule has 1 amide bonds. The maximum atomic E-state index is 12.5. The fourth-order valence-electron chi connectivity index (χ4n) is 3.46. The number of hydrogen-bond acceptors (Lipinski definition) is 4. The fraction of sp³-hybridized carbons (Fsp3) is 0.273. The Morgan fingerprint density at radius 3 is 2.86 bits per heavy atom. The average Bonchev–Trinajstić information content (AvgIpc) is 3.20. The molecule has 1 aliphatic heterocycles. The van der Waals surface area contributed by atoms with E-state index in [0.29, 0.717) is 16.5 Å². The first kappa shape index (κ1) is 18.1. The van der Waals surface area contributed by atoms with E-state index in [2.05, 4.69) is 27.6 Å². The normalized spacial score (nSPS) is 13.5. The van der Waals surface area contributed by atoms with Crippen molar-refractivity contribution in [3.05, 3.63) is 75.8 Å². The van der Waals surface area contributed by atoms with Crippen LogP contribution in [0.1, 0.15) is 41.5 Å². The Kier molecular flexibility index (Phi) is 5.02. The predicted molar refractivity (Wildman–Crippen MR) is 110 cm³/mol. The third kappa shape index (κ3) is 3.71. The minimum Gasteiger partial charge on any atom is -0.296 e. The van der Waals surface area contributed by atoms with E-state index in [0.717, 1.165) is 43.8 Å². The van der Waals surface area contributed by atoms with Crippen molar-refractivity contribution in [3.63, 3.8) is 0 Å². The van der Waals surface area contributed by atoms with Gasteiger partial charge >= 0.3 is 0 Å². The van der Waals surface area contributed by atoms with Crippen LogP contribution in [0.3, 0.4) is 0 Å². The van der Waals surface area contributed by atoms with Crippen molar-refractivity contribution in [2.75, 3.05) is 0 Å². The summed E-state index contributed by atoms with van der Waals surface area (Å²) in [6, 6.07) is 15.2. The molecule has 142 valence electrons. The van der Waals surface area contributed by atoms with Crippen LogP contribution in [-0.2, 0) is 19.4 Å². The van der Waals surface area contributed by atoms with E-state index in [1.54, 1.807) is 22.8 Å². The number of aromatic nitrogens is 2. The topological polar surface area (TPSA) is 76.3 Å². The molecule has 6 nitrogen and oxygen atoms in total. The second-order valence-corrected chi connectivity index (χ2v) is 7.09. The molecule has 0 unspecified atom stereocenters. The van der Waals surface area contributed by atoms with E-state index < -0.39 is 0 Å². The van der Waals surface area contributed by atoms with Gasteiger partial charge in [-0.15, -0.1) is 0 Å². The number of benzene rings is 2. The van der Waals surface area contributed by atoms with Crippen LogP contribution < -0.4 is 11.0 Å². The molecular formula is C22H22N4O2. The first-order valence-corrected chi connectivity index (χ1v) is 9.53. The van der Waals surface area contributed by atoms with Crippen molar-refractivity contribution >= 4 is 22.5 Å². The molecule has 0 fully saturated rings. The van der Waals surface area contributed by atoms with Gasteiger partial charge in [-0.05, 0) is 49.9 Å². The Balaban J connectivity index is 1.46. The van der Waals surface area contributed by atoms with Gasteiger partial charge in [-0.2, -0.15) is 5.10 Å². The zero-order valence-electron chi connectivity index (χ0n) is 15.8. The fourth-order valence-corrected chi connectivity index (χ4v) is 3.46. The van der Waals surface area contributed by atoms with Gasteiger partial charge in [0.2, 0.25) is 0 Å². The second kappa shape index (κ2) is 7.76. The highest BCUT2D eigenvalue weighted by Gasteiger charge is 2.17. The van der Waals surface area contributed by atoms with Crippen LogP contribution in [0.4, 0.5) is 0 Å². The summed E-state index contributed by atoms with van der Waals surface area (Å²) in [7, 11) is 0. The number of amides is 1. The second-order valence-electron chi connectivity index (χ2n) is 7.09. The number of hydrazone groups is 1. The van der Waals surface area contributed by atoms with Crippen LogP contribution in [0, 0.1) is 0 Å². The molecule has 6 heteroatoms. The van der Waals surface area contributed by atoms with Gasteiger partial charge in [-0.25, -0.2) is 10.4 Å². The molecule has 1 N–H and O–H groups in total. The zero-order chi connectivity index (χ0) is 19.5. The maximum Gasteiger partial charge on any atom is 0.271 e. The molecule has 0 atom stereocenters. The van der Waals surface area contributed by atoms with E-state index in [1.165, 1.54) is 5.56 Å². The van der Waals surface area contributed by atoms with Gasteiger partial charge in [0, 0.05) is 24.2 Å². The summed E-state index contributed by atoms with van der Waals surface area (Å²) in [5.41, 5.74) is 5.68. The van der Waals surface area contributed by atoms with Gasteiger partial charge in [-0.1, -0.05) is 30.3 Å². The molecular weight excluding hydrogens is 352 g/mol. The molecule has 0 saturated heterocycles. The summed E-state index contributed by atoms with van der Waals surface area (Å²) in [4.78, 5) is 29.5. The Hall–Kier alpha value is -3.28. The Bertz CT molecular complexity index is 1120. The number of carbonyl (C=O) groups is 1. The predicted octanol–water partition coefficient (Wildman–Crippen LogP) is 3.08. The van der Waals surface area contributed by atoms with Crippen LogP contribution in [0.2, 0.25) is 0 Å². The third-order valence-electron chi connectivity index (χ3n) is 5.05. The van der Waals surface area contributed by atoms with E-state index in [4.69, 9.17) is 0 Å². The highest BCUT2D eigenvalue weighted by Crippen LogP contribution is 2.16. The molecule has 1 aromatic heterocycles. The lowest BCUT2D eigenvalue weighted by molar-refractivity contribution is 0.0955. The Labute approximate surface area is 162 Å². The van der Waals surface area contributed by atoms with E-state index in [1.807, 2.05) is 25.1 Å². The lowest BCUT2D eigenvalue weighted by Crippen LogP contribution is -2.22. The number of carbonyl (C=O) groups excluding carboxylic acids is 1. The van der Waals surface area contributed by atoms with Crippen LogP contribution in [0.25, 0.3) is 10.9 Å². The number of rotatable bonds is 5. The number of aryl methyl sites for hydroxylation is 2. The van der Waals surface area contributed by atoms with Crippen LogP contribution in [-0.4, -0.2) is 21.2 Å². The van der Waals surface area contributed by atoms with Crippen LogP contribution in [0.15, 0.2) is 58.4 Å². The molecule has 4 rings (SSSR count). The Morgan fingerprint density at radius 2 is 2.04 bits per heavy atom. The van der Waals surface area contributed by atoms with Crippen molar-refractivity contribution in [1.29, 1.82) is 0 Å². The smallest absolute Gasteiger partial charge is 0.271 e. The number of fused-ring (bicyclic) bond motifs is 2. The SMILES string of the molecule is C/C(CCc1ccccc1)=N/NC(=O)c1ccc2c(=O)n3c(nc2c1)CCC3. The number of nitrogens with zero attached hydrogens (tertiary/aromatic N) is 3. The van der Waals surface area contributed by atoms with Crippen molar-refractivity contribution < 1.29 is 4.79 Å². The third-order valence-corrected chi connectivity index (χ3v) is 5.05. The molecule has 2 aromatic carbocycles. The van der Waals surface area contributed by atoms with Crippen molar-refractivity contribution in [1.82, 2.24) is 15.0 Å². The quantitative estimate of drug-likeness (QED) is 0.551. The minimum absolute atomic E-state index is 0.0285. The monoisotopic (exact) mass is 374 g/mol. The minimum atomic E-state index is -0.302. The molecule has 0 spiro atoms. The van der Waals surface area contributed by atoms with E-state index in [-0.39, 0.29) is 11.5 Å². The molecule has 0 aliphatic carbocycles. The average molecular weight is 374 g/mol. The first-order chi connectivity index (χ1) is 13.6. The Morgan fingerprint density at radius 1 is 1.21 bits per heavy atom. The van der Waals surface area contributed by atoms with Crippen molar-refractivity contribution in [2.24, 2.45) is 5.10 Å². The largest absolute Gasteiger partial charge is 0.296 e. The summed E-state index contributed by atoms with van der Waals surface area (Å²) < 4.78 is 1.72. The molecule has 0 bridgehead atoms. The summed E-state index contributed by atoms with van der Waals surface area (Å²) >= 11 is 0. The van der Waals surface area contributed by atoms with Gasteiger partial charge in [0.25, 0.3) is 11.5 Å². The molecule has 0 saturated carbocycles. The summed E-state index contributed by atoms with van der Waals surface area (Å²) in [6.07, 6.45) is 3.38. The van der Waals surface area contributed by atoms with Gasteiger partial charge in [-0.3, -0.25) is 14.2 Å². The summed E-state index contributed by atoms with van der Waals surface area (Å²) in [5, 5.41) is 4.75. The van der Waals surface area contributed by atoms with Crippen LogP contribution >= 0.6 is 0 Å². The molecule has 3 aromatic rings. The molecule has 1 aliphatic rings. The number of nitrogens with one attached hydrogen (secondary N) is 1. The molecule has 28 heavy (non-hydrogen) atoms. The van der Waals surface area contributed by atoms with Crippen LogP contribution in [0.5, 0.6) is 0 Å². The molecule has 2 heterocycles. The maximum absolute atomic E-state index is 12.5.